The summed E-state index contributed by atoms with van der Waals surface area (Å²) in [5.41, 5.74) is 0. The summed E-state index contributed by atoms with van der Waals surface area (Å²) in [7, 11) is -2.62. The molecule has 3 N–H and O–H groups in total. The summed E-state index contributed by atoms with van der Waals surface area (Å²) in [6.07, 6.45) is 0. The van der Waals surface area contributed by atoms with Gasteiger partial charge >= 0.3 is 65.8 Å². The van der Waals surface area contributed by atoms with Crippen molar-refractivity contribution in [2.75, 3.05) is 0 Å². The average molecular weight is 187 g/mol. The van der Waals surface area contributed by atoms with E-state index in [1.807, 2.05) is 0 Å². The molecule has 0 amide bonds. The van der Waals surface area contributed by atoms with Crippen molar-refractivity contribution in [1.82, 2.24) is 0 Å². The van der Waals surface area contributed by atoms with Crippen molar-refractivity contribution < 1.29 is 34.2 Å². The Morgan fingerprint density at radius 2 is 1.00 bits per heavy atom. The molecule has 0 aromatic carbocycles. The summed E-state index contributed by atoms with van der Waals surface area (Å²) in [6, 6.07) is 0. The zero-order chi connectivity index (χ0) is 3.58. The molecule has 3 nitrogen and oxygen atoms in total. The molecule has 0 unspecified atom stereocenters. The fourth-order valence-electron chi connectivity index (χ4n) is 0. The van der Waals surface area contributed by atoms with Gasteiger partial charge in [-0.2, -0.15) is 0 Å². The van der Waals surface area contributed by atoms with Crippen LogP contribution in [-0.4, -0.2) is 52.4 Å². The smallest absolute Gasteiger partial charge is 0.328 e. The predicted molar refractivity (Wildman–Crippen MR) is 19.3 cm³/mol. The number of hydrogen-bond acceptors (Lipinski definition) is 3. The molecule has 0 aromatic heterocycles. The van der Waals surface area contributed by atoms with Gasteiger partial charge in [0, 0.05) is 0 Å². The van der Waals surface area contributed by atoms with E-state index in [-0.39, 0.29) is 57.2 Å². The van der Waals surface area contributed by atoms with E-state index in [1.165, 1.54) is 0 Å². The van der Waals surface area contributed by atoms with Gasteiger partial charge in [-0.25, -0.2) is 0 Å². The molecule has 0 aliphatic heterocycles. The predicted octanol–water partition coefficient (Wildman–Crippen LogP) is -1.19. The van der Waals surface area contributed by atoms with Gasteiger partial charge in [0.2, 0.25) is 0 Å². The van der Waals surface area contributed by atoms with E-state index in [0.717, 1.165) is 0 Å². The van der Waals surface area contributed by atoms with Gasteiger partial charge in [-0.1, -0.05) is 0 Å². The normalized spacial score (nSPS) is 6.00. The summed E-state index contributed by atoms with van der Waals surface area (Å²) in [4.78, 5) is 21.7. The molecule has 0 atom stereocenters. The van der Waals surface area contributed by atoms with Gasteiger partial charge in [0.05, 0.1) is 0 Å². The maximum Gasteiger partial charge on any atom is 2.00 e. The molecule has 0 aliphatic rings. The monoisotopic (exact) mass is 186 g/mol. The van der Waals surface area contributed by atoms with Crippen LogP contribution >= 0.6 is 8.60 Å². The molecule has 6 heavy (non-hydrogen) atoms. The Labute approximate surface area is 79.5 Å². The average Bonchev–Trinajstić information content (AvgIpc) is 0.811. The van der Waals surface area contributed by atoms with E-state index < -0.39 is 8.60 Å². The van der Waals surface area contributed by atoms with E-state index >= 15 is 0 Å². The standard InChI is InChI=1S/Ca.H3O3P.Zn/c;1-4(2)3;/h;1-3H;/q+2;;+2. The van der Waals surface area contributed by atoms with E-state index in [9.17, 15) is 0 Å². The first-order chi connectivity index (χ1) is 1.73. The van der Waals surface area contributed by atoms with Gasteiger partial charge in [-0.15, -0.1) is 0 Å². The van der Waals surface area contributed by atoms with Crippen molar-refractivity contribution in [3.8, 4) is 0 Å². The van der Waals surface area contributed by atoms with E-state index in [1.54, 1.807) is 0 Å². The van der Waals surface area contributed by atoms with Crippen LogP contribution in [-0.2, 0) is 19.5 Å². The van der Waals surface area contributed by atoms with E-state index in [2.05, 4.69) is 0 Å². The van der Waals surface area contributed by atoms with Crippen molar-refractivity contribution in [3.63, 3.8) is 0 Å². The van der Waals surface area contributed by atoms with Crippen LogP contribution in [0.25, 0.3) is 0 Å². The van der Waals surface area contributed by atoms with Crippen molar-refractivity contribution in [1.29, 1.82) is 0 Å². The third kappa shape index (κ3) is 34.7. The second-order valence-corrected chi connectivity index (χ2v) is 0.805. The zero-order valence-electron chi connectivity index (χ0n) is 3.20. The van der Waals surface area contributed by atoms with Gasteiger partial charge in [0.1, 0.15) is 0 Å². The Kier molecular flexibility index (Phi) is 26.8. The second kappa shape index (κ2) is 10.2. The summed E-state index contributed by atoms with van der Waals surface area (Å²) in [5.74, 6) is 0. The molecule has 0 heterocycles. The molecule has 0 aliphatic carbocycles. The molecular weight excluding hydrogens is 184 g/mol. The molecule has 0 saturated heterocycles. The van der Waals surface area contributed by atoms with Crippen LogP contribution < -0.4 is 0 Å². The Morgan fingerprint density at radius 3 is 1.00 bits per heavy atom. The molecule has 0 fully saturated rings. The second-order valence-electron chi connectivity index (χ2n) is 0.268. The zero-order valence-corrected chi connectivity index (χ0v) is 9.27. The first-order valence-electron chi connectivity index (χ1n) is 0.600. The molecule has 0 spiro atoms. The van der Waals surface area contributed by atoms with Gasteiger partial charge in [0.15, 0.2) is 0 Å². The van der Waals surface area contributed by atoms with Crippen molar-refractivity contribution in [3.05, 3.63) is 0 Å². The van der Waals surface area contributed by atoms with Crippen molar-refractivity contribution in [2.24, 2.45) is 0 Å². The third-order valence-electron chi connectivity index (χ3n) is 0. The molecule has 0 saturated carbocycles. The molecule has 0 bridgehead atoms. The molecular formula is H3CaO3PZn+4. The summed E-state index contributed by atoms with van der Waals surface area (Å²) in [5, 5.41) is 0. The number of hydrogen-bond donors (Lipinski definition) is 3. The Morgan fingerprint density at radius 1 is 1.00 bits per heavy atom. The summed E-state index contributed by atoms with van der Waals surface area (Å²) >= 11 is 0. The fourth-order valence-corrected chi connectivity index (χ4v) is 0. The minimum absolute atomic E-state index is 0. The summed E-state index contributed by atoms with van der Waals surface area (Å²) in [6.45, 7) is 0. The van der Waals surface area contributed by atoms with Gasteiger partial charge < -0.3 is 14.7 Å². The molecule has 6 heteroatoms. The van der Waals surface area contributed by atoms with Gasteiger partial charge in [-0.05, 0) is 0 Å². The van der Waals surface area contributed by atoms with Crippen molar-refractivity contribution in [2.45, 2.75) is 0 Å². The molecule has 0 rings (SSSR count). The van der Waals surface area contributed by atoms with Crippen LogP contribution in [0.2, 0.25) is 0 Å². The van der Waals surface area contributed by atoms with E-state index in [0.29, 0.717) is 0 Å². The Balaban J connectivity index is -0.0000000450. The van der Waals surface area contributed by atoms with Crippen LogP contribution in [0.3, 0.4) is 0 Å². The van der Waals surface area contributed by atoms with Crippen LogP contribution in [0.1, 0.15) is 0 Å². The minimum atomic E-state index is -2.62. The quantitative estimate of drug-likeness (QED) is 0.330. The SMILES string of the molecule is OP(O)O.[Ca+2].[Zn+2]. The number of rotatable bonds is 0. The van der Waals surface area contributed by atoms with Crippen LogP contribution in [0.4, 0.5) is 0 Å². The van der Waals surface area contributed by atoms with Crippen LogP contribution in [0, 0.1) is 0 Å². The Hall–Kier alpha value is 2.19. The van der Waals surface area contributed by atoms with E-state index in [4.69, 9.17) is 14.7 Å². The van der Waals surface area contributed by atoms with Crippen LogP contribution in [0.15, 0.2) is 0 Å². The molecule has 0 aromatic rings. The largest absolute Gasteiger partial charge is 2.00 e. The Bertz CT molecular complexity index is 15.5. The molecule has 26 valence electrons. The first kappa shape index (κ1) is 15.7. The van der Waals surface area contributed by atoms with Crippen LogP contribution in [0.5, 0.6) is 0 Å². The third-order valence-corrected chi connectivity index (χ3v) is 0. The summed E-state index contributed by atoms with van der Waals surface area (Å²) < 4.78 is 0. The van der Waals surface area contributed by atoms with Gasteiger partial charge in [0.25, 0.3) is 0 Å². The van der Waals surface area contributed by atoms with Gasteiger partial charge in [-0.3, -0.25) is 0 Å². The maximum atomic E-state index is 7.23. The molecule has 0 radical (unpaired) electrons. The fraction of sp³-hybridized carbons (Fsp3) is 0. The topological polar surface area (TPSA) is 60.7 Å². The van der Waals surface area contributed by atoms with Crippen molar-refractivity contribution >= 4 is 46.3 Å². The minimum Gasteiger partial charge on any atom is -0.328 e. The first-order valence-corrected chi connectivity index (χ1v) is 1.80. The maximum absolute atomic E-state index is 7.23.